The SMILES string of the molecule is COc1ccc(C2C(C(=O)c3sc(C)nc3C)=C(O)C(=O)N2c2nnc(SCc3ccccc3)s2)cc1. The first-order valence-corrected chi connectivity index (χ1v) is 13.9. The first kappa shape index (κ1) is 25.1. The molecule has 11 heteroatoms. The highest BCUT2D eigenvalue weighted by Crippen LogP contribution is 2.44. The van der Waals surface area contributed by atoms with Gasteiger partial charge in [0.2, 0.25) is 10.9 Å². The zero-order chi connectivity index (χ0) is 26.1. The minimum atomic E-state index is -0.882. The molecule has 5 rings (SSSR count). The number of methoxy groups -OCH3 is 1. The monoisotopic (exact) mass is 550 g/mol. The van der Waals surface area contributed by atoms with Crippen LogP contribution < -0.4 is 9.64 Å². The summed E-state index contributed by atoms with van der Waals surface area (Å²) in [5.74, 6) is -0.392. The van der Waals surface area contributed by atoms with Crippen molar-refractivity contribution < 1.29 is 19.4 Å². The maximum atomic E-state index is 13.7. The van der Waals surface area contributed by atoms with E-state index in [1.54, 1.807) is 38.3 Å². The number of rotatable bonds is 8. The number of anilines is 1. The second-order valence-electron chi connectivity index (χ2n) is 8.21. The predicted octanol–water partition coefficient (Wildman–Crippen LogP) is 5.70. The number of hydrogen-bond donors (Lipinski definition) is 1. The van der Waals surface area contributed by atoms with Gasteiger partial charge in [-0.2, -0.15) is 0 Å². The van der Waals surface area contributed by atoms with Crippen molar-refractivity contribution in [3.63, 3.8) is 0 Å². The summed E-state index contributed by atoms with van der Waals surface area (Å²) in [5, 5.41) is 20.5. The van der Waals surface area contributed by atoms with E-state index in [2.05, 4.69) is 15.2 Å². The molecule has 37 heavy (non-hydrogen) atoms. The summed E-state index contributed by atoms with van der Waals surface area (Å²) in [6.45, 7) is 3.55. The van der Waals surface area contributed by atoms with Gasteiger partial charge >= 0.3 is 0 Å². The molecule has 1 amide bonds. The molecular formula is C26H22N4O4S3. The van der Waals surface area contributed by atoms with Crippen molar-refractivity contribution >= 4 is 51.3 Å². The number of amides is 1. The Bertz CT molecular complexity index is 1500. The van der Waals surface area contributed by atoms with Gasteiger partial charge in [-0.3, -0.25) is 14.5 Å². The Labute approximate surface area is 225 Å². The molecule has 8 nitrogen and oxygen atoms in total. The van der Waals surface area contributed by atoms with E-state index in [0.717, 1.165) is 10.6 Å². The molecule has 0 radical (unpaired) electrons. The van der Waals surface area contributed by atoms with Crippen molar-refractivity contribution in [2.24, 2.45) is 0 Å². The van der Waals surface area contributed by atoms with Crippen molar-refractivity contribution in [3.05, 3.63) is 92.6 Å². The Hall–Kier alpha value is -3.54. The van der Waals surface area contributed by atoms with Gasteiger partial charge in [-0.15, -0.1) is 21.5 Å². The van der Waals surface area contributed by atoms with Gasteiger partial charge in [0.1, 0.15) is 5.75 Å². The van der Waals surface area contributed by atoms with Crippen LogP contribution in [0.4, 0.5) is 5.13 Å². The van der Waals surface area contributed by atoms with Crippen LogP contribution in [-0.2, 0) is 10.5 Å². The fraction of sp³-hybridized carbons (Fsp3) is 0.192. The summed E-state index contributed by atoms with van der Waals surface area (Å²) in [7, 11) is 1.56. The lowest BCUT2D eigenvalue weighted by atomic mass is 9.95. The maximum Gasteiger partial charge on any atom is 0.296 e. The highest BCUT2D eigenvalue weighted by atomic mass is 32.2. The molecule has 0 saturated heterocycles. The number of carbonyl (C=O) groups excluding carboxylic acids is 2. The van der Waals surface area contributed by atoms with Crippen LogP contribution in [-0.4, -0.2) is 39.1 Å². The third kappa shape index (κ3) is 4.89. The number of nitrogens with zero attached hydrogens (tertiary/aromatic N) is 4. The molecular weight excluding hydrogens is 529 g/mol. The molecule has 1 N–H and O–H groups in total. The van der Waals surface area contributed by atoms with E-state index in [1.165, 1.54) is 39.3 Å². The number of thioether (sulfide) groups is 1. The minimum absolute atomic E-state index is 0.00407. The van der Waals surface area contributed by atoms with Gasteiger partial charge < -0.3 is 9.84 Å². The minimum Gasteiger partial charge on any atom is -0.503 e. The molecule has 2 aromatic carbocycles. The van der Waals surface area contributed by atoms with E-state index in [-0.39, 0.29) is 5.57 Å². The topological polar surface area (TPSA) is 106 Å². The van der Waals surface area contributed by atoms with Crippen LogP contribution in [0.1, 0.15) is 37.5 Å². The second-order valence-corrected chi connectivity index (χ2v) is 11.6. The van der Waals surface area contributed by atoms with Crippen LogP contribution in [0, 0.1) is 13.8 Å². The van der Waals surface area contributed by atoms with Gasteiger partial charge in [0.15, 0.2) is 10.1 Å². The summed E-state index contributed by atoms with van der Waals surface area (Å²) < 4.78 is 5.95. The van der Waals surface area contributed by atoms with E-state index in [4.69, 9.17) is 4.74 Å². The number of ketones is 1. The number of benzene rings is 2. The third-order valence-electron chi connectivity index (χ3n) is 5.80. The van der Waals surface area contributed by atoms with Gasteiger partial charge in [-0.25, -0.2) is 4.98 Å². The quantitative estimate of drug-likeness (QED) is 0.169. The summed E-state index contributed by atoms with van der Waals surface area (Å²) in [6, 6.07) is 16.1. The summed E-state index contributed by atoms with van der Waals surface area (Å²) in [6.07, 6.45) is 0. The fourth-order valence-corrected chi connectivity index (χ4v) is 6.78. The lowest BCUT2D eigenvalue weighted by Crippen LogP contribution is -2.31. The molecule has 1 aliphatic rings. The molecule has 2 aromatic heterocycles. The van der Waals surface area contributed by atoms with E-state index < -0.39 is 23.5 Å². The largest absolute Gasteiger partial charge is 0.503 e. The molecule has 0 saturated carbocycles. The zero-order valence-electron chi connectivity index (χ0n) is 20.2. The van der Waals surface area contributed by atoms with Crippen LogP contribution in [0.3, 0.4) is 0 Å². The van der Waals surface area contributed by atoms with Gasteiger partial charge in [-0.1, -0.05) is 65.6 Å². The van der Waals surface area contributed by atoms with Crippen molar-refractivity contribution in [1.29, 1.82) is 0 Å². The van der Waals surface area contributed by atoms with Crippen LogP contribution in [0.15, 0.2) is 70.3 Å². The highest BCUT2D eigenvalue weighted by Gasteiger charge is 2.46. The maximum absolute atomic E-state index is 13.7. The smallest absolute Gasteiger partial charge is 0.296 e. The molecule has 1 unspecified atom stereocenters. The van der Waals surface area contributed by atoms with Gasteiger partial charge in [0, 0.05) is 5.75 Å². The Kier molecular flexibility index (Phi) is 7.09. The number of aliphatic hydroxyl groups excluding tert-OH is 1. The molecule has 3 heterocycles. The first-order valence-electron chi connectivity index (χ1n) is 11.3. The molecule has 188 valence electrons. The number of thiazole rings is 1. The number of aryl methyl sites for hydroxylation is 2. The first-order chi connectivity index (χ1) is 17.9. The lowest BCUT2D eigenvalue weighted by molar-refractivity contribution is -0.117. The van der Waals surface area contributed by atoms with Crippen molar-refractivity contribution in [1.82, 2.24) is 15.2 Å². The number of hydrogen-bond acceptors (Lipinski definition) is 10. The van der Waals surface area contributed by atoms with Crippen molar-refractivity contribution in [2.75, 3.05) is 12.0 Å². The van der Waals surface area contributed by atoms with Gasteiger partial charge in [-0.05, 0) is 37.1 Å². The molecule has 4 aromatic rings. The lowest BCUT2D eigenvalue weighted by Gasteiger charge is -2.24. The number of Topliss-reactive ketones (excluding diaryl/α,β-unsaturated/α-hetero) is 1. The molecule has 0 bridgehead atoms. The fourth-order valence-electron chi connectivity index (χ4n) is 4.08. The summed E-state index contributed by atoms with van der Waals surface area (Å²) in [5.41, 5.74) is 2.33. The normalized spacial score (nSPS) is 15.5. The second kappa shape index (κ2) is 10.4. The van der Waals surface area contributed by atoms with E-state index in [9.17, 15) is 14.7 Å². The average Bonchev–Trinajstić information content (AvgIpc) is 3.59. The third-order valence-corrected chi connectivity index (χ3v) is 9.00. The Morgan fingerprint density at radius 1 is 1.08 bits per heavy atom. The average molecular weight is 551 g/mol. The molecule has 0 fully saturated rings. The van der Waals surface area contributed by atoms with E-state index in [1.807, 2.05) is 37.3 Å². The van der Waals surface area contributed by atoms with Gasteiger partial charge in [0.25, 0.3) is 5.91 Å². The standard InChI is InChI=1S/C26H22N4O4S3/c1-14-23(36-15(2)27-14)21(31)19-20(17-9-11-18(34-3)12-10-17)30(24(33)22(19)32)25-28-29-26(37-25)35-13-16-7-5-4-6-8-16/h4-12,20,32H,13H2,1-3H3. The molecule has 1 aliphatic heterocycles. The molecule has 0 aliphatic carbocycles. The predicted molar refractivity (Wildman–Crippen MR) is 145 cm³/mol. The summed E-state index contributed by atoms with van der Waals surface area (Å²) in [4.78, 5) is 33.2. The van der Waals surface area contributed by atoms with E-state index >= 15 is 0 Å². The Morgan fingerprint density at radius 3 is 2.46 bits per heavy atom. The van der Waals surface area contributed by atoms with Crippen LogP contribution in [0.5, 0.6) is 5.75 Å². The summed E-state index contributed by atoms with van der Waals surface area (Å²) >= 11 is 3.98. The highest BCUT2D eigenvalue weighted by molar-refractivity contribution is 8.00. The Morgan fingerprint density at radius 2 is 1.81 bits per heavy atom. The van der Waals surface area contributed by atoms with Gasteiger partial charge in [0.05, 0.1) is 34.3 Å². The number of aromatic nitrogens is 3. The van der Waals surface area contributed by atoms with Crippen molar-refractivity contribution in [2.45, 2.75) is 30.0 Å². The van der Waals surface area contributed by atoms with Crippen molar-refractivity contribution in [3.8, 4) is 5.75 Å². The van der Waals surface area contributed by atoms with Crippen LogP contribution in [0.2, 0.25) is 0 Å². The van der Waals surface area contributed by atoms with Crippen LogP contribution in [0.25, 0.3) is 0 Å². The Balaban J connectivity index is 1.52. The number of ether oxygens (including phenoxy) is 1. The zero-order valence-corrected chi connectivity index (χ0v) is 22.6. The number of carbonyl (C=O) groups is 2. The molecule has 1 atom stereocenters. The molecule has 0 spiro atoms. The van der Waals surface area contributed by atoms with E-state index in [0.29, 0.717) is 37.1 Å². The van der Waals surface area contributed by atoms with Crippen LogP contribution >= 0.6 is 34.4 Å². The number of aliphatic hydroxyl groups is 1.